The molecule has 0 radical (unpaired) electrons. The first kappa shape index (κ1) is 9.04. The summed E-state index contributed by atoms with van der Waals surface area (Å²) in [5, 5.41) is 0. The van der Waals surface area contributed by atoms with Gasteiger partial charge in [-0.3, -0.25) is 0 Å². The molecule has 4 saturated carbocycles. The van der Waals surface area contributed by atoms with E-state index in [1.807, 2.05) is 0 Å². The zero-order valence-corrected chi connectivity index (χ0v) is 9.58. The van der Waals surface area contributed by atoms with E-state index in [2.05, 4.69) is 0 Å². The van der Waals surface area contributed by atoms with E-state index in [9.17, 15) is 0 Å². The fourth-order valence-electron chi connectivity index (χ4n) is 5.30. The van der Waals surface area contributed by atoms with E-state index >= 15 is 0 Å². The number of epoxide rings is 1. The largest absolute Gasteiger partial charge is 0.373 e. The summed E-state index contributed by atoms with van der Waals surface area (Å²) < 4.78 is 5.37. The van der Waals surface area contributed by atoms with Gasteiger partial charge < -0.3 is 4.74 Å². The molecule has 0 aromatic rings. The zero-order valence-electron chi connectivity index (χ0n) is 9.58. The van der Waals surface area contributed by atoms with Crippen LogP contribution in [0.3, 0.4) is 0 Å². The van der Waals surface area contributed by atoms with Crippen LogP contribution in [0.4, 0.5) is 0 Å². The average Bonchev–Trinajstić information content (AvgIpc) is 2.95. The first-order valence-electron chi connectivity index (χ1n) is 6.93. The molecule has 4 bridgehead atoms. The maximum Gasteiger partial charge on any atom is 0.0810 e. The highest BCUT2D eigenvalue weighted by molar-refractivity contribution is 5.01. The van der Waals surface area contributed by atoms with Gasteiger partial charge in [0.15, 0.2) is 0 Å². The lowest BCUT2D eigenvalue weighted by Gasteiger charge is -2.57. The Kier molecular flexibility index (Phi) is 1.81. The van der Waals surface area contributed by atoms with Crippen LogP contribution >= 0.6 is 0 Å². The molecule has 1 heterocycles. The standard InChI is InChI=1S/C14H22O/c1(13-9-15-13)2-14-6-10-3-11(7-14)5-12(4-10)8-14/h10-13H,1-9H2. The fourth-order valence-corrected chi connectivity index (χ4v) is 5.30. The third-order valence-electron chi connectivity index (χ3n) is 5.56. The van der Waals surface area contributed by atoms with E-state index in [0.29, 0.717) is 6.10 Å². The molecule has 0 aromatic carbocycles. The van der Waals surface area contributed by atoms with E-state index in [4.69, 9.17) is 4.74 Å². The molecule has 1 atom stereocenters. The quantitative estimate of drug-likeness (QED) is 0.645. The van der Waals surface area contributed by atoms with E-state index < -0.39 is 0 Å². The lowest BCUT2D eigenvalue weighted by atomic mass is 9.48. The first-order valence-corrected chi connectivity index (χ1v) is 6.93. The zero-order chi connectivity index (χ0) is 9.88. The van der Waals surface area contributed by atoms with Gasteiger partial charge in [0.2, 0.25) is 0 Å². The minimum Gasteiger partial charge on any atom is -0.373 e. The monoisotopic (exact) mass is 206 g/mol. The van der Waals surface area contributed by atoms with Crippen molar-refractivity contribution < 1.29 is 4.74 Å². The summed E-state index contributed by atoms with van der Waals surface area (Å²) in [7, 11) is 0. The van der Waals surface area contributed by atoms with Gasteiger partial charge in [0, 0.05) is 0 Å². The highest BCUT2D eigenvalue weighted by Crippen LogP contribution is 2.61. The molecule has 0 N–H and O–H groups in total. The topological polar surface area (TPSA) is 12.5 Å². The van der Waals surface area contributed by atoms with Crippen LogP contribution < -0.4 is 0 Å². The highest BCUT2D eigenvalue weighted by atomic mass is 16.6. The molecule has 0 amide bonds. The van der Waals surface area contributed by atoms with Gasteiger partial charge in [0.25, 0.3) is 0 Å². The maximum atomic E-state index is 5.37. The van der Waals surface area contributed by atoms with Gasteiger partial charge >= 0.3 is 0 Å². The molecular formula is C14H22O. The molecule has 5 fully saturated rings. The van der Waals surface area contributed by atoms with Crippen molar-refractivity contribution in [3.63, 3.8) is 0 Å². The summed E-state index contributed by atoms with van der Waals surface area (Å²) in [6.07, 6.45) is 13.0. The average molecular weight is 206 g/mol. The number of hydrogen-bond donors (Lipinski definition) is 0. The van der Waals surface area contributed by atoms with Gasteiger partial charge in [0.05, 0.1) is 12.7 Å². The number of rotatable bonds is 3. The third kappa shape index (κ3) is 1.54. The number of hydrogen-bond acceptors (Lipinski definition) is 1. The minimum atomic E-state index is 0.665. The Morgan fingerprint density at radius 1 is 0.933 bits per heavy atom. The van der Waals surface area contributed by atoms with E-state index in [0.717, 1.165) is 29.8 Å². The first-order chi connectivity index (χ1) is 7.31. The van der Waals surface area contributed by atoms with Crippen LogP contribution in [0.15, 0.2) is 0 Å². The molecule has 4 aliphatic carbocycles. The van der Waals surface area contributed by atoms with Gasteiger partial charge in [-0.1, -0.05) is 0 Å². The third-order valence-corrected chi connectivity index (χ3v) is 5.56. The van der Waals surface area contributed by atoms with Crippen molar-refractivity contribution in [1.29, 1.82) is 0 Å². The fraction of sp³-hybridized carbons (Fsp3) is 1.00. The van der Waals surface area contributed by atoms with Gasteiger partial charge in [-0.25, -0.2) is 0 Å². The van der Waals surface area contributed by atoms with Crippen LogP contribution in [0.1, 0.15) is 51.4 Å². The van der Waals surface area contributed by atoms with Crippen molar-refractivity contribution >= 4 is 0 Å². The molecule has 84 valence electrons. The lowest BCUT2D eigenvalue weighted by Crippen LogP contribution is -2.46. The molecule has 1 saturated heterocycles. The molecule has 15 heavy (non-hydrogen) atoms. The van der Waals surface area contributed by atoms with E-state index in [1.54, 1.807) is 38.5 Å². The van der Waals surface area contributed by atoms with Crippen LogP contribution in [-0.4, -0.2) is 12.7 Å². The summed E-state index contributed by atoms with van der Waals surface area (Å²) in [6.45, 7) is 1.06. The number of ether oxygens (including phenoxy) is 1. The molecule has 1 unspecified atom stereocenters. The predicted octanol–water partition coefficient (Wildman–Crippen LogP) is 3.38. The van der Waals surface area contributed by atoms with Gasteiger partial charge in [0.1, 0.15) is 0 Å². The Bertz CT molecular complexity index is 231. The maximum absolute atomic E-state index is 5.37. The molecule has 5 aliphatic rings. The Hall–Kier alpha value is -0.0400. The highest BCUT2D eigenvalue weighted by Gasteiger charge is 2.50. The van der Waals surface area contributed by atoms with Crippen molar-refractivity contribution in [2.75, 3.05) is 6.61 Å². The van der Waals surface area contributed by atoms with Gasteiger partial charge in [-0.2, -0.15) is 0 Å². The molecule has 0 aromatic heterocycles. The second-order valence-electron chi connectivity index (χ2n) is 6.91. The Balaban J connectivity index is 1.50. The van der Waals surface area contributed by atoms with Gasteiger partial charge in [-0.05, 0) is 74.5 Å². The second kappa shape index (κ2) is 3.00. The lowest BCUT2D eigenvalue weighted by molar-refractivity contribution is -0.0588. The Labute approximate surface area is 92.6 Å². The van der Waals surface area contributed by atoms with Crippen LogP contribution in [0.2, 0.25) is 0 Å². The summed E-state index contributed by atoms with van der Waals surface area (Å²) in [5.41, 5.74) is 0.792. The van der Waals surface area contributed by atoms with Crippen molar-refractivity contribution in [1.82, 2.24) is 0 Å². The van der Waals surface area contributed by atoms with Crippen molar-refractivity contribution in [3.05, 3.63) is 0 Å². The predicted molar refractivity (Wildman–Crippen MR) is 59.6 cm³/mol. The van der Waals surface area contributed by atoms with Crippen molar-refractivity contribution in [3.8, 4) is 0 Å². The van der Waals surface area contributed by atoms with E-state index in [1.165, 1.54) is 12.8 Å². The van der Waals surface area contributed by atoms with Crippen LogP contribution in [0.25, 0.3) is 0 Å². The van der Waals surface area contributed by atoms with Crippen LogP contribution in [0.5, 0.6) is 0 Å². The minimum absolute atomic E-state index is 0.665. The SMILES string of the molecule is C1C2CC3CC1CC(CCC1CO1)(C2)C3. The van der Waals surface area contributed by atoms with Crippen molar-refractivity contribution in [2.24, 2.45) is 23.2 Å². The summed E-state index contributed by atoms with van der Waals surface area (Å²) >= 11 is 0. The Morgan fingerprint density at radius 3 is 1.93 bits per heavy atom. The molecule has 1 aliphatic heterocycles. The summed E-state index contributed by atoms with van der Waals surface area (Å²) in [4.78, 5) is 0. The summed E-state index contributed by atoms with van der Waals surface area (Å²) in [6, 6.07) is 0. The van der Waals surface area contributed by atoms with Crippen LogP contribution in [0, 0.1) is 23.2 Å². The molecule has 5 rings (SSSR count). The van der Waals surface area contributed by atoms with Crippen molar-refractivity contribution in [2.45, 2.75) is 57.5 Å². The molecule has 0 spiro atoms. The molecular weight excluding hydrogens is 184 g/mol. The van der Waals surface area contributed by atoms with Gasteiger partial charge in [-0.15, -0.1) is 0 Å². The van der Waals surface area contributed by atoms with Crippen LogP contribution in [-0.2, 0) is 4.74 Å². The normalized spacial score (nSPS) is 56.0. The molecule has 1 nitrogen and oxygen atoms in total. The second-order valence-corrected chi connectivity index (χ2v) is 6.91. The Morgan fingerprint density at radius 2 is 1.47 bits per heavy atom. The molecule has 1 heteroatoms. The summed E-state index contributed by atoms with van der Waals surface area (Å²) in [5.74, 6) is 3.36. The smallest absolute Gasteiger partial charge is 0.0810 e. The van der Waals surface area contributed by atoms with E-state index in [-0.39, 0.29) is 0 Å².